The number of hydrogen-bond donors (Lipinski definition) is 2. The Morgan fingerprint density at radius 3 is 2.90 bits per heavy atom. The predicted octanol–water partition coefficient (Wildman–Crippen LogP) is 5.95. The zero-order chi connectivity index (χ0) is 33.1. The second-order valence-corrected chi connectivity index (χ2v) is 16.3. The first-order valence-corrected chi connectivity index (χ1v) is 18.2. The normalized spacial score (nSPS) is 34.0. The van der Waals surface area contributed by atoms with Crippen LogP contribution in [0.3, 0.4) is 0 Å². The molecule has 2 N–H and O–H groups in total. The highest BCUT2D eigenvalue weighted by molar-refractivity contribution is 6.33. The fraction of sp³-hybridized carbons (Fsp3) is 0.611. The fourth-order valence-electron chi connectivity index (χ4n) is 10.3. The first-order chi connectivity index (χ1) is 23.7. The third-order valence-electron chi connectivity index (χ3n) is 12.6. The number of hydrogen-bond acceptors (Lipinski definition) is 9. The number of halogens is 3. The maximum absolute atomic E-state index is 17.3. The summed E-state index contributed by atoms with van der Waals surface area (Å²) in [7, 11) is 0. The van der Waals surface area contributed by atoms with Gasteiger partial charge < -0.3 is 19.5 Å². The molecule has 0 amide bonds. The summed E-state index contributed by atoms with van der Waals surface area (Å²) in [6.07, 6.45) is 9.53. The molecule has 6 aliphatic heterocycles. The third-order valence-corrected chi connectivity index (χ3v) is 12.9. The van der Waals surface area contributed by atoms with Crippen LogP contribution < -0.4 is 9.64 Å². The molecule has 4 aromatic rings. The van der Waals surface area contributed by atoms with E-state index in [1.807, 2.05) is 6.07 Å². The van der Waals surface area contributed by atoms with Gasteiger partial charge in [-0.25, -0.2) is 8.78 Å². The number of piperidine rings is 1. The van der Waals surface area contributed by atoms with Crippen molar-refractivity contribution < 1.29 is 23.4 Å². The average Bonchev–Trinajstić information content (AvgIpc) is 3.31. The van der Waals surface area contributed by atoms with E-state index in [0.29, 0.717) is 79.3 Å². The Kier molecular flexibility index (Phi) is 6.81. The van der Waals surface area contributed by atoms with Gasteiger partial charge in [0.25, 0.3) is 0 Å². The van der Waals surface area contributed by atoms with E-state index >= 15 is 4.39 Å². The molecule has 8 aliphatic rings. The van der Waals surface area contributed by atoms with Crippen LogP contribution in [0.15, 0.2) is 18.5 Å². The van der Waals surface area contributed by atoms with E-state index in [4.69, 9.17) is 36.0 Å². The molecule has 0 radical (unpaired) electrons. The molecule has 4 atom stereocenters. The first kappa shape index (κ1) is 30.6. The molecule has 3 saturated heterocycles. The van der Waals surface area contributed by atoms with Gasteiger partial charge in [-0.3, -0.25) is 15.0 Å². The van der Waals surface area contributed by atoms with Crippen molar-refractivity contribution >= 4 is 39.2 Å². The van der Waals surface area contributed by atoms with Gasteiger partial charge in [-0.15, -0.1) is 0 Å². The van der Waals surface area contributed by atoms with Crippen LogP contribution in [0.1, 0.15) is 69.3 Å². The number of fused-ring (bicyclic) bond motifs is 2. The zero-order valence-electron chi connectivity index (χ0n) is 27.4. The summed E-state index contributed by atoms with van der Waals surface area (Å²) >= 11 is 6.97. The van der Waals surface area contributed by atoms with Crippen molar-refractivity contribution in [1.82, 2.24) is 30.0 Å². The van der Waals surface area contributed by atoms with Crippen LogP contribution in [-0.2, 0) is 4.74 Å². The lowest BCUT2D eigenvalue weighted by atomic mass is 9.55. The highest BCUT2D eigenvalue weighted by Gasteiger charge is 2.55. The molecule has 9 heterocycles. The number of rotatable bonds is 3. The van der Waals surface area contributed by atoms with Crippen molar-refractivity contribution in [2.45, 2.75) is 81.0 Å². The van der Waals surface area contributed by atoms with Gasteiger partial charge in [-0.1, -0.05) is 11.6 Å². The van der Waals surface area contributed by atoms with Gasteiger partial charge in [-0.2, -0.15) is 15.1 Å². The van der Waals surface area contributed by atoms with Crippen molar-refractivity contribution in [2.24, 2.45) is 11.3 Å². The number of nitrogens with one attached hydrogen (secondary N) is 1. The largest absolute Gasteiger partial charge is 0.461 e. The van der Waals surface area contributed by atoms with E-state index in [2.05, 4.69) is 20.0 Å². The smallest absolute Gasteiger partial charge is 0.319 e. The van der Waals surface area contributed by atoms with Crippen LogP contribution in [0.5, 0.6) is 6.01 Å². The lowest BCUT2D eigenvalue weighted by Crippen LogP contribution is -2.59. The van der Waals surface area contributed by atoms with E-state index in [-0.39, 0.29) is 41.1 Å². The number of aromatic amines is 1. The van der Waals surface area contributed by atoms with Gasteiger partial charge in [-0.05, 0) is 86.8 Å². The van der Waals surface area contributed by atoms with Crippen molar-refractivity contribution in [3.05, 3.63) is 34.9 Å². The van der Waals surface area contributed by atoms with E-state index in [9.17, 15) is 9.50 Å². The highest BCUT2D eigenvalue weighted by atomic mass is 35.5. The zero-order valence-corrected chi connectivity index (χ0v) is 28.1. The summed E-state index contributed by atoms with van der Waals surface area (Å²) < 4.78 is 44.4. The molecule has 1 spiro atoms. The summed E-state index contributed by atoms with van der Waals surface area (Å²) in [5.41, 5.74) is 1.22. The second-order valence-electron chi connectivity index (χ2n) is 15.9. The van der Waals surface area contributed by atoms with E-state index in [1.165, 1.54) is 0 Å². The maximum Gasteiger partial charge on any atom is 0.319 e. The summed E-state index contributed by atoms with van der Waals surface area (Å²) in [4.78, 5) is 18.9. The Balaban J connectivity index is 1.13. The molecule has 258 valence electrons. The number of aromatic nitrogens is 5. The molecular weight excluding hydrogens is 652 g/mol. The number of pyridine rings is 1. The molecule has 13 heteroatoms. The van der Waals surface area contributed by atoms with Gasteiger partial charge in [0, 0.05) is 61.4 Å². The Morgan fingerprint density at radius 1 is 1.12 bits per heavy atom. The van der Waals surface area contributed by atoms with E-state index in [0.717, 1.165) is 56.1 Å². The molecule has 2 unspecified atom stereocenters. The lowest BCUT2D eigenvalue weighted by molar-refractivity contribution is -0.145. The number of nitrogens with zero attached hydrogens (tertiary/aromatic N) is 6. The van der Waals surface area contributed by atoms with Crippen LogP contribution in [0.2, 0.25) is 5.02 Å². The van der Waals surface area contributed by atoms with Crippen molar-refractivity contribution in [1.29, 1.82) is 0 Å². The fourth-order valence-corrected chi connectivity index (χ4v) is 10.7. The molecule has 12 rings (SSSR count). The predicted molar refractivity (Wildman–Crippen MR) is 180 cm³/mol. The average molecular weight is 692 g/mol. The van der Waals surface area contributed by atoms with Crippen LogP contribution in [-0.4, -0.2) is 98.5 Å². The van der Waals surface area contributed by atoms with Gasteiger partial charge in [0.15, 0.2) is 5.82 Å². The van der Waals surface area contributed by atoms with Crippen LogP contribution in [0.4, 0.5) is 14.6 Å². The molecule has 49 heavy (non-hydrogen) atoms. The first-order valence-electron chi connectivity index (χ1n) is 17.8. The monoisotopic (exact) mass is 691 g/mol. The lowest BCUT2D eigenvalue weighted by Gasteiger charge is -2.57. The molecule has 5 fully saturated rings. The molecule has 10 nitrogen and oxygen atoms in total. The SMILES string of the molecule is OC12CCOCC3CC3c3c(Cl)cc4[nH]ncc4c3-c3ncc4c(nc(OC[C@@]56CCCN5C[C@H](F)C6)nc4c3F)N3CCCC(C3)(C1)C2. The van der Waals surface area contributed by atoms with Crippen LogP contribution >= 0.6 is 11.6 Å². The minimum absolute atomic E-state index is 0.0594. The quantitative estimate of drug-likeness (QED) is 0.269. The third kappa shape index (κ3) is 4.87. The Morgan fingerprint density at radius 2 is 2.00 bits per heavy atom. The molecule has 3 aromatic heterocycles. The van der Waals surface area contributed by atoms with Crippen molar-refractivity contribution in [3.63, 3.8) is 0 Å². The molecular formula is C36H40ClF2N7O3. The molecule has 1 aromatic carbocycles. The standard InChI is InChI=1S/C36H40ClF2N7O3/c37-25-10-26-23(13-41-44-26)28-27(25)22-9-20(22)15-48-8-5-36(47)16-34(17-36)3-1-6-45(18-34)32-24-12-40-31(28)29(39)30(24)42-33(43-32)49-19-35-4-2-7-46(35)14-21(38)11-35/h10,12-13,20-22,47H,1-9,11,14-19H2,(H,41,44)/t20?,21-,22?,34?,35+,36?/m1/s1. The Hall–Kier alpha value is -3.19. The summed E-state index contributed by atoms with van der Waals surface area (Å²) in [5, 5.41) is 20.5. The number of anilines is 1. The topological polar surface area (TPSA) is 113 Å². The van der Waals surface area contributed by atoms with Gasteiger partial charge >= 0.3 is 6.01 Å². The Bertz CT molecular complexity index is 1990. The number of benzene rings is 1. The van der Waals surface area contributed by atoms with E-state index < -0.39 is 23.1 Å². The van der Waals surface area contributed by atoms with Crippen molar-refractivity contribution in [2.75, 3.05) is 50.9 Å². The minimum atomic E-state index is -0.890. The van der Waals surface area contributed by atoms with Crippen LogP contribution in [0, 0.1) is 17.2 Å². The number of ether oxygens (including phenoxy) is 2. The summed E-state index contributed by atoms with van der Waals surface area (Å²) in [6, 6.07) is 1.93. The summed E-state index contributed by atoms with van der Waals surface area (Å²) in [6.45, 7) is 3.96. The van der Waals surface area contributed by atoms with Gasteiger partial charge in [0.05, 0.1) is 28.2 Å². The number of H-pyrrole nitrogens is 1. The molecule has 2 saturated carbocycles. The molecule has 7 bridgehead atoms. The number of aliphatic hydroxyl groups is 1. The van der Waals surface area contributed by atoms with Gasteiger partial charge in [0.2, 0.25) is 0 Å². The van der Waals surface area contributed by atoms with Crippen LogP contribution in [0.25, 0.3) is 33.1 Å². The highest BCUT2D eigenvalue weighted by Crippen LogP contribution is 2.57. The molecule has 2 aliphatic carbocycles. The summed E-state index contributed by atoms with van der Waals surface area (Å²) in [5.74, 6) is 0.300. The minimum Gasteiger partial charge on any atom is -0.461 e. The maximum atomic E-state index is 17.3. The second kappa shape index (κ2) is 10.9. The Labute approximate surface area is 287 Å². The number of alkyl halides is 1. The van der Waals surface area contributed by atoms with E-state index in [1.54, 1.807) is 12.4 Å². The van der Waals surface area contributed by atoms with Crippen molar-refractivity contribution in [3.8, 4) is 17.3 Å². The van der Waals surface area contributed by atoms with Gasteiger partial charge in [0.1, 0.15) is 29.8 Å².